The minimum Gasteiger partial charge on any atom is -0.414 e. The van der Waals surface area contributed by atoms with Gasteiger partial charge in [0.15, 0.2) is 47.9 Å². The summed E-state index contributed by atoms with van der Waals surface area (Å²) in [7, 11) is -9.91. The Bertz CT molecular complexity index is 2350. The van der Waals surface area contributed by atoms with Gasteiger partial charge in [-0.15, -0.1) is 0 Å². The zero-order chi connectivity index (χ0) is 70.0. The highest BCUT2D eigenvalue weighted by Crippen LogP contribution is 2.50. The maximum atomic E-state index is 12.9. The summed E-state index contributed by atoms with van der Waals surface area (Å²) in [6.45, 7) is 69.3. The second-order valence-corrected chi connectivity index (χ2v) is 61.7. The van der Waals surface area contributed by atoms with Crippen molar-refractivity contribution in [2.45, 2.75) is 396 Å². The molecule has 6 rings (SSSR count). The summed E-state index contributed by atoms with van der Waals surface area (Å²) in [5.41, 5.74) is 1.11. The first kappa shape index (κ1) is 82.7. The number of rotatable bonds is 28. The molecular weight excluding hydrogens is 1370 g/mol. The summed E-state index contributed by atoms with van der Waals surface area (Å²) in [6, 6.07) is 0. The SMILES string of the molecule is C=C1C(C)C[C@H](CC[C@@H]2O[C@@H](CCC3OCCCO3)CC2C)O[C@@H]1C[C@@H]1O[C@H](C[C@@H](CO[Si](C)(C)C(C)(C)C)O[Si](C)(C)C(C)(C)C)[C@@H](OC)[C@H]1CC(O)C[C@H]1CC[C@@H]2O[C@H](C(/C=C/I)O[Si](C)(C)C(C)(C)C)C(O[Si](C)(C)C(C)(C)C)C(O[Si](C)(C)C(C)(C)C)C2O1. The van der Waals surface area contributed by atoms with Gasteiger partial charge in [-0.25, -0.2) is 0 Å². The fraction of sp³-hybridized carbons (Fsp3) is 0.945. The van der Waals surface area contributed by atoms with Crippen LogP contribution < -0.4 is 0 Å². The number of methoxy groups -OCH3 is 1. The predicted molar refractivity (Wildman–Crippen MR) is 401 cm³/mol. The Labute approximate surface area is 588 Å². The number of hydrogen-bond donors (Lipinski definition) is 1. The van der Waals surface area contributed by atoms with Gasteiger partial charge in [0.25, 0.3) is 0 Å². The van der Waals surface area contributed by atoms with Gasteiger partial charge in [0, 0.05) is 32.3 Å². The van der Waals surface area contributed by atoms with Crippen molar-refractivity contribution >= 4 is 64.2 Å². The van der Waals surface area contributed by atoms with Crippen molar-refractivity contribution in [1.29, 1.82) is 0 Å². The smallest absolute Gasteiger partial charge is 0.193 e. The Morgan fingerprint density at radius 2 is 1.13 bits per heavy atom. The number of halogens is 1. The second kappa shape index (κ2) is 32.6. The molecule has 0 saturated carbocycles. The van der Waals surface area contributed by atoms with Crippen molar-refractivity contribution in [3.05, 3.63) is 22.3 Å². The van der Waals surface area contributed by atoms with Crippen LogP contribution in [-0.4, -0.2) is 178 Å². The molecule has 0 aromatic rings. The zero-order valence-corrected chi connectivity index (χ0v) is 71.5. The van der Waals surface area contributed by atoms with Crippen LogP contribution in [0.1, 0.15) is 201 Å². The van der Waals surface area contributed by atoms with Gasteiger partial charge in [-0.05, 0) is 182 Å². The van der Waals surface area contributed by atoms with Crippen molar-refractivity contribution in [3.8, 4) is 0 Å². The van der Waals surface area contributed by atoms with Gasteiger partial charge in [-0.1, -0.05) is 147 Å². The van der Waals surface area contributed by atoms with E-state index in [9.17, 15) is 5.11 Å². The molecule has 6 fully saturated rings. The van der Waals surface area contributed by atoms with Gasteiger partial charge in [-0.2, -0.15) is 0 Å². The van der Waals surface area contributed by atoms with Gasteiger partial charge < -0.3 is 65.1 Å². The minimum atomic E-state index is -2.48. The van der Waals surface area contributed by atoms with Crippen molar-refractivity contribution in [2.75, 3.05) is 26.9 Å². The first-order valence-corrected chi connectivity index (χ1v) is 52.3. The van der Waals surface area contributed by atoms with Crippen LogP contribution in [0.5, 0.6) is 0 Å². The molecule has 19 atom stereocenters. The molecule has 0 aromatic heterocycles. The van der Waals surface area contributed by atoms with E-state index in [-0.39, 0.29) is 110 Å². The number of aliphatic hydroxyl groups is 1. The van der Waals surface area contributed by atoms with Crippen molar-refractivity contribution in [3.63, 3.8) is 0 Å². The normalized spacial score (nSPS) is 33.3. The number of ether oxygens (including phenoxy) is 8. The molecule has 0 aliphatic carbocycles. The molecule has 0 radical (unpaired) electrons. The van der Waals surface area contributed by atoms with E-state index >= 15 is 0 Å². The van der Waals surface area contributed by atoms with Crippen LogP contribution in [0.15, 0.2) is 22.3 Å². The average Bonchev–Trinajstić information content (AvgIpc) is 1.35. The summed E-state index contributed by atoms with van der Waals surface area (Å²) >= 11 is 2.34. The first-order valence-electron chi connectivity index (χ1n) is 36.5. The van der Waals surface area contributed by atoms with Crippen LogP contribution in [0.25, 0.3) is 0 Å². The van der Waals surface area contributed by atoms with Gasteiger partial charge in [0.2, 0.25) is 0 Å². The monoisotopic (exact) mass is 1510 g/mol. The molecule has 544 valence electrons. The van der Waals surface area contributed by atoms with E-state index in [0.717, 1.165) is 76.6 Å². The zero-order valence-electron chi connectivity index (χ0n) is 64.4. The Morgan fingerprint density at radius 3 is 1.69 bits per heavy atom. The standard InChI is InChI=1S/C73H141IO14Si5/c1-48-41-52(31-34-57-49(2)42-53(80-57)33-36-63-77-39-30-40-78-63)81-60(50(48)3)46-61-56(64(76-19)62(83-61)45-55(85-90(22,23)70(7,8)9)47-79-89(20,21)69(4,5)6)44-51(75)43-54-32-35-58-65(82-54)67(87-92(26,27)72(13,14)15)68(88-93(28,29)73(16,17)18)66(84-58)59(37-38-74)86-91(24,25)71(10,11)12/h37-38,48-49,51-68,75H,3,30-36,39-47H2,1-2,4-29H3/b38-37+/t48?,49?,51?,52-,53-,54+,55-,56-,57-,58-,59?,60+,61-,62+,64-,65?,66+,67?,68?/m0/s1. The Morgan fingerprint density at radius 1 is 0.581 bits per heavy atom. The van der Waals surface area contributed by atoms with E-state index in [1.54, 1.807) is 0 Å². The van der Waals surface area contributed by atoms with Crippen LogP contribution in [0.3, 0.4) is 0 Å². The van der Waals surface area contributed by atoms with Crippen LogP contribution in [0, 0.1) is 17.8 Å². The molecule has 93 heavy (non-hydrogen) atoms. The highest BCUT2D eigenvalue weighted by molar-refractivity contribution is 14.1. The third kappa shape index (κ3) is 21.7. The van der Waals surface area contributed by atoms with E-state index in [4.69, 9.17) is 66.6 Å². The Hall–Kier alpha value is 0.734. The second-order valence-electron chi connectivity index (χ2n) is 37.2. The third-order valence-corrected chi connectivity index (χ3v) is 47.6. The molecule has 20 heteroatoms. The van der Waals surface area contributed by atoms with E-state index in [2.05, 4.69) is 216 Å². The van der Waals surface area contributed by atoms with Crippen molar-refractivity contribution in [1.82, 2.24) is 0 Å². The molecule has 0 bridgehead atoms. The maximum Gasteiger partial charge on any atom is 0.193 e. The highest BCUT2D eigenvalue weighted by atomic mass is 127. The molecule has 0 aromatic carbocycles. The number of hydrogen-bond acceptors (Lipinski definition) is 14. The van der Waals surface area contributed by atoms with Gasteiger partial charge in [-0.3, -0.25) is 0 Å². The highest BCUT2D eigenvalue weighted by Gasteiger charge is 2.59. The fourth-order valence-electron chi connectivity index (χ4n) is 13.4. The van der Waals surface area contributed by atoms with Gasteiger partial charge >= 0.3 is 0 Å². The maximum absolute atomic E-state index is 12.9. The lowest BCUT2D eigenvalue weighted by Gasteiger charge is -2.56. The Balaban J connectivity index is 1.30. The van der Waals surface area contributed by atoms with E-state index in [1.807, 2.05) is 7.11 Å². The average molecular weight is 1510 g/mol. The summed E-state index contributed by atoms with van der Waals surface area (Å²) in [5.74, 6) is 0.581. The summed E-state index contributed by atoms with van der Waals surface area (Å²) < 4.78 is 94.4. The Kier molecular flexibility index (Phi) is 29.0. The molecule has 1 N–H and O–H groups in total. The van der Waals surface area contributed by atoms with E-state index in [1.165, 1.54) is 0 Å². The van der Waals surface area contributed by atoms with Crippen LogP contribution in [0.4, 0.5) is 0 Å². The summed E-state index contributed by atoms with van der Waals surface area (Å²) in [5, 5.41) is 12.7. The predicted octanol–water partition coefficient (Wildman–Crippen LogP) is 18.6. The molecule has 0 amide bonds. The molecule has 0 spiro atoms. The van der Waals surface area contributed by atoms with E-state index < -0.39 is 72.1 Å². The topological polar surface area (TPSA) is 140 Å². The van der Waals surface area contributed by atoms with E-state index in [0.29, 0.717) is 38.2 Å². The lowest BCUT2D eigenvalue weighted by molar-refractivity contribution is -0.268. The van der Waals surface area contributed by atoms with Crippen LogP contribution >= 0.6 is 22.6 Å². The summed E-state index contributed by atoms with van der Waals surface area (Å²) in [6.07, 6.45) is 8.05. The first-order chi connectivity index (χ1) is 42.5. The van der Waals surface area contributed by atoms with Crippen LogP contribution in [0.2, 0.25) is 90.7 Å². The van der Waals surface area contributed by atoms with Crippen molar-refractivity contribution < 1.29 is 65.1 Å². The molecular formula is C73H141IO14Si5. The van der Waals surface area contributed by atoms with Crippen LogP contribution in [-0.2, 0) is 60.0 Å². The largest absolute Gasteiger partial charge is 0.414 e. The molecule has 6 heterocycles. The molecule has 7 unspecified atom stereocenters. The number of aliphatic hydroxyl groups excluding tert-OH is 1. The van der Waals surface area contributed by atoms with Gasteiger partial charge in [0.1, 0.15) is 24.4 Å². The molecule has 14 nitrogen and oxygen atoms in total. The quantitative estimate of drug-likeness (QED) is 0.0451. The molecule has 6 saturated heterocycles. The fourth-order valence-corrected chi connectivity index (χ4v) is 20.1. The van der Waals surface area contributed by atoms with Gasteiger partial charge in [0.05, 0.1) is 93.1 Å². The lowest BCUT2D eigenvalue weighted by atomic mass is 9.81. The lowest BCUT2D eigenvalue weighted by Crippen LogP contribution is -2.69. The molecule has 6 aliphatic rings. The van der Waals surface area contributed by atoms with Crippen molar-refractivity contribution in [2.24, 2.45) is 17.8 Å². The molecule has 6 aliphatic heterocycles. The number of fused-ring (bicyclic) bond motifs is 1. The minimum absolute atomic E-state index is 0.0145. The third-order valence-electron chi connectivity index (χ3n) is 24.8. The summed E-state index contributed by atoms with van der Waals surface area (Å²) in [4.78, 5) is 0.